The summed E-state index contributed by atoms with van der Waals surface area (Å²) in [7, 11) is 1.60. The summed E-state index contributed by atoms with van der Waals surface area (Å²) in [6.45, 7) is 1.39. The van der Waals surface area contributed by atoms with E-state index in [1.54, 1.807) is 7.11 Å². The molecule has 4 rings (SSSR count). The number of methoxy groups -OCH3 is 1. The monoisotopic (exact) mass is 404 g/mol. The largest absolute Gasteiger partial charge is 0.497 e. The number of hydrogen-bond donors (Lipinski definition) is 1. The first kappa shape index (κ1) is 20.1. The molecule has 0 radical (unpaired) electrons. The van der Waals surface area contributed by atoms with Gasteiger partial charge in [-0.15, -0.1) is 0 Å². The maximum absolute atomic E-state index is 13.4. The number of halogens is 1. The third-order valence-electron chi connectivity index (χ3n) is 5.59. The van der Waals surface area contributed by atoms with Gasteiger partial charge in [-0.3, -0.25) is 9.69 Å². The maximum atomic E-state index is 13.4. The molecule has 1 saturated heterocycles. The Hall–Kier alpha value is -3.18. The lowest BCUT2D eigenvalue weighted by Gasteiger charge is -2.24. The van der Waals surface area contributed by atoms with E-state index >= 15 is 0 Å². The van der Waals surface area contributed by atoms with E-state index in [0.29, 0.717) is 18.7 Å². The molecule has 3 aromatic carbocycles. The summed E-state index contributed by atoms with van der Waals surface area (Å²) in [5, 5.41) is 3.02. The van der Waals surface area contributed by atoms with Crippen molar-refractivity contribution in [3.05, 3.63) is 95.8 Å². The van der Waals surface area contributed by atoms with Crippen LogP contribution >= 0.6 is 0 Å². The van der Waals surface area contributed by atoms with Gasteiger partial charge in [0.25, 0.3) is 0 Å². The second kappa shape index (κ2) is 9.09. The zero-order valence-corrected chi connectivity index (χ0v) is 16.9. The summed E-state index contributed by atoms with van der Waals surface area (Å²) in [6.07, 6.45) is 0.689. The zero-order valence-electron chi connectivity index (χ0n) is 16.9. The molecule has 1 amide bonds. The Balaban J connectivity index is 1.52. The Labute approximate surface area is 176 Å². The Bertz CT molecular complexity index is 992. The van der Waals surface area contributed by atoms with Gasteiger partial charge in [-0.2, -0.15) is 0 Å². The number of benzene rings is 3. The summed E-state index contributed by atoms with van der Waals surface area (Å²) in [5.41, 5.74) is 2.95. The van der Waals surface area contributed by atoms with Crippen molar-refractivity contribution in [2.45, 2.75) is 19.0 Å². The van der Waals surface area contributed by atoms with Crippen molar-refractivity contribution in [2.24, 2.45) is 5.92 Å². The molecule has 0 spiro atoms. The molecule has 0 bridgehead atoms. The van der Waals surface area contributed by atoms with Crippen molar-refractivity contribution in [2.75, 3.05) is 19.0 Å². The molecule has 3 aromatic rings. The van der Waals surface area contributed by atoms with Crippen LogP contribution < -0.4 is 10.1 Å². The topological polar surface area (TPSA) is 41.6 Å². The van der Waals surface area contributed by atoms with Crippen molar-refractivity contribution in [1.82, 2.24) is 4.90 Å². The highest BCUT2D eigenvalue weighted by molar-refractivity contribution is 5.93. The maximum Gasteiger partial charge on any atom is 0.228 e. The number of nitrogens with zero attached hydrogens (tertiary/aromatic N) is 1. The number of carbonyl (C=O) groups excluding carboxylic acids is 1. The fraction of sp³-hybridized carbons (Fsp3) is 0.240. The van der Waals surface area contributed by atoms with E-state index in [1.165, 1.54) is 17.7 Å². The third kappa shape index (κ3) is 4.69. The first-order chi connectivity index (χ1) is 14.6. The minimum absolute atomic E-state index is 0.00840. The van der Waals surface area contributed by atoms with E-state index in [2.05, 4.69) is 22.3 Å². The summed E-state index contributed by atoms with van der Waals surface area (Å²) in [4.78, 5) is 15.3. The Morgan fingerprint density at radius 3 is 2.57 bits per heavy atom. The molecule has 1 aliphatic rings. The number of nitrogens with one attached hydrogen (secondary N) is 1. The molecule has 1 N–H and O–H groups in total. The number of ether oxygens (including phenoxy) is 1. The highest BCUT2D eigenvalue weighted by Crippen LogP contribution is 2.37. The van der Waals surface area contributed by atoms with Crippen LogP contribution in [0, 0.1) is 11.7 Å². The SMILES string of the molecule is COc1cccc(NC(=O)[C@@H]2C[C@@H](c3ccc(F)cc3)N(Cc3ccccc3)C2)c1. The van der Waals surface area contributed by atoms with Crippen molar-refractivity contribution >= 4 is 11.6 Å². The Morgan fingerprint density at radius 1 is 1.07 bits per heavy atom. The minimum atomic E-state index is -0.251. The minimum Gasteiger partial charge on any atom is -0.497 e. The number of likely N-dealkylation sites (tertiary alicyclic amines) is 1. The van der Waals surface area contributed by atoms with Gasteiger partial charge >= 0.3 is 0 Å². The van der Waals surface area contributed by atoms with Crippen LogP contribution in [0.2, 0.25) is 0 Å². The van der Waals surface area contributed by atoms with Crippen LogP contribution in [-0.2, 0) is 11.3 Å². The summed E-state index contributed by atoms with van der Waals surface area (Å²) in [5.74, 6) is 0.286. The molecular weight excluding hydrogens is 379 g/mol. The van der Waals surface area contributed by atoms with Crippen molar-refractivity contribution in [1.29, 1.82) is 0 Å². The molecule has 30 heavy (non-hydrogen) atoms. The Morgan fingerprint density at radius 2 is 1.83 bits per heavy atom. The first-order valence-corrected chi connectivity index (χ1v) is 10.1. The van der Waals surface area contributed by atoms with Crippen LogP contribution in [0.5, 0.6) is 5.75 Å². The average molecular weight is 404 g/mol. The summed E-state index contributed by atoms with van der Waals surface area (Å²) >= 11 is 0. The van der Waals surface area contributed by atoms with E-state index in [0.717, 1.165) is 17.8 Å². The standard InChI is InChI=1S/C25H25FN2O2/c1-30-23-9-5-8-22(15-23)27-25(29)20-14-24(19-10-12-21(26)13-11-19)28(17-20)16-18-6-3-2-4-7-18/h2-13,15,20,24H,14,16-17H2,1H3,(H,27,29)/t20-,24+/m1/s1. The molecule has 0 aliphatic carbocycles. The lowest BCUT2D eigenvalue weighted by molar-refractivity contribution is -0.119. The van der Waals surface area contributed by atoms with E-state index in [9.17, 15) is 9.18 Å². The molecule has 154 valence electrons. The predicted octanol–water partition coefficient (Wildman–Crippen LogP) is 5.04. The van der Waals surface area contributed by atoms with Crippen LogP contribution in [0.1, 0.15) is 23.6 Å². The van der Waals surface area contributed by atoms with Gasteiger partial charge in [0.2, 0.25) is 5.91 Å². The van der Waals surface area contributed by atoms with Crippen molar-refractivity contribution < 1.29 is 13.9 Å². The number of carbonyl (C=O) groups is 1. The van der Waals surface area contributed by atoms with Crippen LogP contribution in [0.25, 0.3) is 0 Å². The van der Waals surface area contributed by atoms with E-state index in [-0.39, 0.29) is 23.7 Å². The molecule has 1 aliphatic heterocycles. The number of anilines is 1. The van der Waals surface area contributed by atoms with Gasteiger partial charge in [0.1, 0.15) is 11.6 Å². The van der Waals surface area contributed by atoms with Gasteiger partial charge < -0.3 is 10.1 Å². The summed E-state index contributed by atoms with van der Waals surface area (Å²) in [6, 6.07) is 24.2. The van der Waals surface area contributed by atoms with Gasteiger partial charge in [0.05, 0.1) is 13.0 Å². The molecule has 5 heteroatoms. The van der Waals surface area contributed by atoms with Crippen LogP contribution in [0.4, 0.5) is 10.1 Å². The van der Waals surface area contributed by atoms with Gasteiger partial charge in [-0.1, -0.05) is 48.5 Å². The normalized spacial score (nSPS) is 18.9. The van der Waals surface area contributed by atoms with Gasteiger partial charge in [0.15, 0.2) is 0 Å². The first-order valence-electron chi connectivity index (χ1n) is 10.1. The van der Waals surface area contributed by atoms with Gasteiger partial charge in [-0.25, -0.2) is 4.39 Å². The zero-order chi connectivity index (χ0) is 20.9. The summed E-state index contributed by atoms with van der Waals surface area (Å²) < 4.78 is 18.7. The third-order valence-corrected chi connectivity index (χ3v) is 5.59. The van der Waals surface area contributed by atoms with Gasteiger partial charge in [-0.05, 0) is 41.8 Å². The molecular formula is C25H25FN2O2. The lowest BCUT2D eigenvalue weighted by atomic mass is 9.99. The van der Waals surface area contributed by atoms with Crippen molar-refractivity contribution in [3.63, 3.8) is 0 Å². The fourth-order valence-electron chi connectivity index (χ4n) is 4.06. The number of hydrogen-bond acceptors (Lipinski definition) is 3. The molecule has 2 atom stereocenters. The fourth-order valence-corrected chi connectivity index (χ4v) is 4.06. The molecule has 4 nitrogen and oxygen atoms in total. The van der Waals surface area contributed by atoms with Crippen LogP contribution in [0.3, 0.4) is 0 Å². The smallest absolute Gasteiger partial charge is 0.228 e. The number of amides is 1. The van der Waals surface area contributed by atoms with E-state index < -0.39 is 0 Å². The van der Waals surface area contributed by atoms with E-state index in [1.807, 2.05) is 54.6 Å². The molecule has 1 heterocycles. The van der Waals surface area contributed by atoms with Crippen LogP contribution in [-0.4, -0.2) is 24.5 Å². The highest BCUT2D eigenvalue weighted by atomic mass is 19.1. The quantitative estimate of drug-likeness (QED) is 0.626. The Kier molecular flexibility index (Phi) is 6.10. The average Bonchev–Trinajstić information content (AvgIpc) is 3.19. The number of rotatable bonds is 6. The highest BCUT2D eigenvalue weighted by Gasteiger charge is 2.36. The lowest BCUT2D eigenvalue weighted by Crippen LogP contribution is -2.27. The van der Waals surface area contributed by atoms with Crippen molar-refractivity contribution in [3.8, 4) is 5.75 Å². The molecule has 0 aromatic heterocycles. The molecule has 0 saturated carbocycles. The van der Waals surface area contributed by atoms with Crippen LogP contribution in [0.15, 0.2) is 78.9 Å². The predicted molar refractivity (Wildman–Crippen MR) is 116 cm³/mol. The molecule has 0 unspecified atom stereocenters. The van der Waals surface area contributed by atoms with Gasteiger partial charge in [0, 0.05) is 30.9 Å². The van der Waals surface area contributed by atoms with E-state index in [4.69, 9.17) is 4.74 Å². The second-order valence-corrected chi connectivity index (χ2v) is 7.64. The second-order valence-electron chi connectivity index (χ2n) is 7.64. The molecule has 1 fully saturated rings.